The molecule has 18 heavy (non-hydrogen) atoms. The molecule has 1 heterocycles. The maximum Gasteiger partial charge on any atom is 0.138 e. The van der Waals surface area contributed by atoms with Gasteiger partial charge >= 0.3 is 0 Å². The highest BCUT2D eigenvalue weighted by atomic mass is 79.9. The maximum atomic E-state index is 13.4. The Morgan fingerprint density at radius 3 is 2.94 bits per heavy atom. The van der Waals surface area contributed by atoms with Crippen LogP contribution in [0.15, 0.2) is 29.0 Å². The van der Waals surface area contributed by atoms with E-state index < -0.39 is 0 Å². The molecule has 1 atom stereocenters. The lowest BCUT2D eigenvalue weighted by Gasteiger charge is -2.12. The molecule has 6 heteroatoms. The van der Waals surface area contributed by atoms with Crippen molar-refractivity contribution in [2.24, 2.45) is 5.73 Å². The highest BCUT2D eigenvalue weighted by molar-refractivity contribution is 9.10. The van der Waals surface area contributed by atoms with Gasteiger partial charge in [-0.25, -0.2) is 9.37 Å². The first-order chi connectivity index (χ1) is 8.61. The quantitative estimate of drug-likeness (QED) is 0.943. The van der Waals surface area contributed by atoms with Crippen LogP contribution in [0.5, 0.6) is 0 Å². The smallest absolute Gasteiger partial charge is 0.138 e. The molecule has 0 spiro atoms. The van der Waals surface area contributed by atoms with Gasteiger partial charge in [-0.15, -0.1) is 0 Å². The van der Waals surface area contributed by atoms with Crippen LogP contribution in [0.4, 0.5) is 4.39 Å². The zero-order valence-corrected chi connectivity index (χ0v) is 11.6. The Balaban J connectivity index is 2.16. The normalized spacial score (nSPS) is 12.7. The number of benzene rings is 1. The van der Waals surface area contributed by atoms with Crippen LogP contribution in [0.2, 0.25) is 0 Å². The molecular formula is C12H14BrFN4. The minimum Gasteiger partial charge on any atom is -0.324 e. The molecule has 1 unspecified atom stereocenters. The maximum absolute atomic E-state index is 13.4. The number of halogens is 2. The molecule has 0 aliphatic rings. The zero-order chi connectivity index (χ0) is 13.1. The Morgan fingerprint density at radius 2 is 2.28 bits per heavy atom. The van der Waals surface area contributed by atoms with E-state index in [1.165, 1.54) is 12.4 Å². The average Bonchev–Trinajstić information content (AvgIpc) is 2.79. The van der Waals surface area contributed by atoms with Gasteiger partial charge in [0.15, 0.2) is 0 Å². The van der Waals surface area contributed by atoms with Crippen LogP contribution in [0.25, 0.3) is 0 Å². The molecule has 0 radical (unpaired) electrons. The van der Waals surface area contributed by atoms with E-state index in [-0.39, 0.29) is 11.9 Å². The van der Waals surface area contributed by atoms with Crippen molar-refractivity contribution < 1.29 is 4.39 Å². The molecule has 4 nitrogen and oxygen atoms in total. The van der Waals surface area contributed by atoms with Gasteiger partial charge in [0.25, 0.3) is 0 Å². The monoisotopic (exact) mass is 312 g/mol. The first-order valence-electron chi connectivity index (χ1n) is 5.69. The number of aromatic nitrogens is 3. The molecule has 2 rings (SSSR count). The first-order valence-corrected chi connectivity index (χ1v) is 6.48. The number of hydrogen-bond donors (Lipinski definition) is 1. The standard InChI is InChI=1S/C12H14BrFN4/c1-2-18-12(16-7-17-18)6-11(15)8-3-4-9(13)10(14)5-8/h3-5,7,11H,2,6,15H2,1H3. The highest BCUT2D eigenvalue weighted by Crippen LogP contribution is 2.21. The fourth-order valence-electron chi connectivity index (χ4n) is 1.77. The van der Waals surface area contributed by atoms with Crippen molar-refractivity contribution in [3.8, 4) is 0 Å². The third-order valence-corrected chi connectivity index (χ3v) is 3.41. The summed E-state index contributed by atoms with van der Waals surface area (Å²) in [7, 11) is 0. The van der Waals surface area contributed by atoms with Crippen LogP contribution in [0, 0.1) is 5.82 Å². The summed E-state index contributed by atoms with van der Waals surface area (Å²) in [5, 5.41) is 4.08. The summed E-state index contributed by atoms with van der Waals surface area (Å²) in [6, 6.07) is 4.63. The summed E-state index contributed by atoms with van der Waals surface area (Å²) in [6.07, 6.45) is 2.04. The van der Waals surface area contributed by atoms with Gasteiger partial charge in [0.05, 0.1) is 4.47 Å². The van der Waals surface area contributed by atoms with E-state index in [2.05, 4.69) is 26.0 Å². The van der Waals surface area contributed by atoms with E-state index in [4.69, 9.17) is 5.73 Å². The van der Waals surface area contributed by atoms with Crippen LogP contribution in [0.1, 0.15) is 24.4 Å². The number of nitrogens with zero attached hydrogens (tertiary/aromatic N) is 3. The van der Waals surface area contributed by atoms with E-state index in [1.807, 2.05) is 13.0 Å². The average molecular weight is 313 g/mol. The number of aryl methyl sites for hydroxylation is 1. The van der Waals surface area contributed by atoms with Gasteiger partial charge < -0.3 is 5.73 Å². The second-order valence-electron chi connectivity index (χ2n) is 3.98. The molecule has 2 N–H and O–H groups in total. The lowest BCUT2D eigenvalue weighted by atomic mass is 10.0. The third kappa shape index (κ3) is 2.76. The molecule has 0 saturated carbocycles. The van der Waals surface area contributed by atoms with Gasteiger partial charge in [-0.2, -0.15) is 5.10 Å². The molecule has 0 bridgehead atoms. The Kier molecular flexibility index (Phi) is 4.08. The van der Waals surface area contributed by atoms with Crippen LogP contribution < -0.4 is 5.73 Å². The van der Waals surface area contributed by atoms with Crippen molar-refractivity contribution in [3.05, 3.63) is 46.2 Å². The molecule has 1 aromatic carbocycles. The largest absolute Gasteiger partial charge is 0.324 e. The second kappa shape index (κ2) is 5.58. The summed E-state index contributed by atoms with van der Waals surface area (Å²) in [5.74, 6) is 0.508. The van der Waals surface area contributed by atoms with Crippen LogP contribution in [-0.2, 0) is 13.0 Å². The second-order valence-corrected chi connectivity index (χ2v) is 4.83. The van der Waals surface area contributed by atoms with Gasteiger partial charge in [-0.05, 0) is 40.5 Å². The number of hydrogen-bond acceptors (Lipinski definition) is 3. The van der Waals surface area contributed by atoms with Crippen LogP contribution >= 0.6 is 15.9 Å². The van der Waals surface area contributed by atoms with Gasteiger partial charge in [0.1, 0.15) is 18.0 Å². The van der Waals surface area contributed by atoms with Gasteiger partial charge in [-0.1, -0.05) is 6.07 Å². The van der Waals surface area contributed by atoms with Crippen LogP contribution in [0.3, 0.4) is 0 Å². The molecular weight excluding hydrogens is 299 g/mol. The third-order valence-electron chi connectivity index (χ3n) is 2.77. The molecule has 96 valence electrons. The Morgan fingerprint density at radius 1 is 1.50 bits per heavy atom. The minimum atomic E-state index is -0.306. The van der Waals surface area contributed by atoms with Crippen molar-refractivity contribution >= 4 is 15.9 Å². The van der Waals surface area contributed by atoms with Crippen molar-refractivity contribution in [3.63, 3.8) is 0 Å². The lowest BCUT2D eigenvalue weighted by Crippen LogP contribution is -2.17. The van der Waals surface area contributed by atoms with Crippen molar-refractivity contribution in [2.75, 3.05) is 0 Å². The predicted molar refractivity (Wildman–Crippen MR) is 70.4 cm³/mol. The fourth-order valence-corrected chi connectivity index (χ4v) is 2.01. The zero-order valence-electron chi connectivity index (χ0n) is 9.98. The predicted octanol–water partition coefficient (Wildman–Crippen LogP) is 2.44. The van der Waals surface area contributed by atoms with Gasteiger partial charge in [0.2, 0.25) is 0 Å². The van der Waals surface area contributed by atoms with E-state index >= 15 is 0 Å². The molecule has 0 aliphatic heterocycles. The molecule has 0 aliphatic carbocycles. The molecule has 0 amide bonds. The first kappa shape index (κ1) is 13.2. The van der Waals surface area contributed by atoms with E-state index in [0.717, 1.165) is 17.9 Å². The van der Waals surface area contributed by atoms with E-state index in [0.29, 0.717) is 10.9 Å². The molecule has 0 saturated heterocycles. The summed E-state index contributed by atoms with van der Waals surface area (Å²) in [6.45, 7) is 2.74. The van der Waals surface area contributed by atoms with Crippen molar-refractivity contribution in [2.45, 2.75) is 25.9 Å². The fraction of sp³-hybridized carbons (Fsp3) is 0.333. The lowest BCUT2D eigenvalue weighted by molar-refractivity contribution is 0.575. The number of nitrogens with two attached hydrogens (primary N) is 1. The Bertz CT molecular complexity index is 541. The molecule has 2 aromatic rings. The van der Waals surface area contributed by atoms with Crippen molar-refractivity contribution in [1.82, 2.24) is 14.8 Å². The highest BCUT2D eigenvalue weighted by Gasteiger charge is 2.13. The van der Waals surface area contributed by atoms with Crippen LogP contribution in [-0.4, -0.2) is 14.8 Å². The Labute approximate surface area is 113 Å². The summed E-state index contributed by atoms with van der Waals surface area (Å²) < 4.78 is 15.7. The molecule has 1 aromatic heterocycles. The van der Waals surface area contributed by atoms with Crippen molar-refractivity contribution in [1.29, 1.82) is 0 Å². The summed E-state index contributed by atoms with van der Waals surface area (Å²) in [4.78, 5) is 4.16. The van der Waals surface area contributed by atoms with E-state index in [1.54, 1.807) is 10.7 Å². The number of rotatable bonds is 4. The van der Waals surface area contributed by atoms with E-state index in [9.17, 15) is 4.39 Å². The topological polar surface area (TPSA) is 56.7 Å². The van der Waals surface area contributed by atoms with Gasteiger partial charge in [-0.3, -0.25) is 4.68 Å². The Hall–Kier alpha value is -1.27. The molecule has 0 fully saturated rings. The SMILES string of the molecule is CCn1ncnc1CC(N)c1ccc(Br)c(F)c1. The summed E-state index contributed by atoms with van der Waals surface area (Å²) >= 11 is 3.12. The van der Waals surface area contributed by atoms with Gasteiger partial charge in [0, 0.05) is 19.0 Å². The summed E-state index contributed by atoms with van der Waals surface area (Å²) in [5.41, 5.74) is 6.82. The minimum absolute atomic E-state index is 0.290.